The first kappa shape index (κ1) is 15.2. The molecule has 0 aliphatic heterocycles. The Balaban J connectivity index is 2.34. The maximum atomic E-state index is 10.7. The molecule has 2 N–H and O–H groups in total. The van der Waals surface area contributed by atoms with Crippen LogP contribution in [0.3, 0.4) is 0 Å². The minimum atomic E-state index is -0.739. The molecule has 1 aromatic heterocycles. The molecule has 1 aromatic rings. The summed E-state index contributed by atoms with van der Waals surface area (Å²) in [6, 6.07) is 1.87. The van der Waals surface area contributed by atoms with Crippen LogP contribution in [-0.4, -0.2) is 34.2 Å². The molecule has 0 saturated carbocycles. The number of carboxylic acid groups (broad SMARTS) is 1. The van der Waals surface area contributed by atoms with Crippen LogP contribution >= 0.6 is 0 Å². The summed E-state index contributed by atoms with van der Waals surface area (Å²) < 4.78 is 5.02. The van der Waals surface area contributed by atoms with E-state index in [1.807, 2.05) is 6.92 Å². The summed E-state index contributed by atoms with van der Waals surface area (Å²) in [7, 11) is 1.56. The highest BCUT2D eigenvalue weighted by molar-refractivity contribution is 5.69. The van der Waals surface area contributed by atoms with E-state index < -0.39 is 5.97 Å². The highest BCUT2D eigenvalue weighted by atomic mass is 16.5. The van der Waals surface area contributed by atoms with Crippen molar-refractivity contribution in [3.63, 3.8) is 0 Å². The number of hydrogen-bond donors (Lipinski definition) is 2. The van der Waals surface area contributed by atoms with Gasteiger partial charge in [-0.2, -0.15) is 4.98 Å². The van der Waals surface area contributed by atoms with Crippen LogP contribution in [0.15, 0.2) is 12.3 Å². The van der Waals surface area contributed by atoms with Gasteiger partial charge < -0.3 is 15.2 Å². The SMILES string of the molecule is COc1ccnc(NC(C)CCCC(C)C(=O)O)n1. The van der Waals surface area contributed by atoms with Gasteiger partial charge in [0.15, 0.2) is 0 Å². The van der Waals surface area contributed by atoms with Gasteiger partial charge in [0.25, 0.3) is 0 Å². The van der Waals surface area contributed by atoms with Crippen LogP contribution in [0.5, 0.6) is 5.88 Å². The van der Waals surface area contributed by atoms with Gasteiger partial charge in [0.2, 0.25) is 11.8 Å². The summed E-state index contributed by atoms with van der Waals surface area (Å²) >= 11 is 0. The molecular weight excluding hydrogens is 246 g/mol. The first-order valence-corrected chi connectivity index (χ1v) is 6.39. The van der Waals surface area contributed by atoms with Crippen molar-refractivity contribution in [3.8, 4) is 5.88 Å². The third-order valence-corrected chi connectivity index (χ3v) is 2.91. The van der Waals surface area contributed by atoms with E-state index in [0.717, 1.165) is 12.8 Å². The third kappa shape index (κ3) is 5.54. The van der Waals surface area contributed by atoms with Gasteiger partial charge in [-0.3, -0.25) is 4.79 Å². The second-order valence-electron chi connectivity index (χ2n) is 4.64. The van der Waals surface area contributed by atoms with Crippen molar-refractivity contribution in [2.75, 3.05) is 12.4 Å². The number of hydrogen-bond acceptors (Lipinski definition) is 5. The molecule has 19 heavy (non-hydrogen) atoms. The van der Waals surface area contributed by atoms with Gasteiger partial charge in [-0.25, -0.2) is 4.98 Å². The van der Waals surface area contributed by atoms with Crippen LogP contribution < -0.4 is 10.1 Å². The molecule has 0 radical (unpaired) electrons. The molecule has 0 spiro atoms. The van der Waals surface area contributed by atoms with Gasteiger partial charge in [0.1, 0.15) is 0 Å². The van der Waals surface area contributed by atoms with Crippen LogP contribution in [0.1, 0.15) is 33.1 Å². The van der Waals surface area contributed by atoms with Gasteiger partial charge in [0.05, 0.1) is 13.0 Å². The minimum absolute atomic E-state index is 0.188. The number of carboxylic acids is 1. The predicted octanol–water partition coefficient (Wildman–Crippen LogP) is 2.18. The molecule has 6 heteroatoms. The van der Waals surface area contributed by atoms with Gasteiger partial charge >= 0.3 is 5.97 Å². The fourth-order valence-electron chi connectivity index (χ4n) is 1.67. The maximum absolute atomic E-state index is 10.7. The number of anilines is 1. The van der Waals surface area contributed by atoms with Crippen molar-refractivity contribution in [2.24, 2.45) is 5.92 Å². The quantitative estimate of drug-likeness (QED) is 0.751. The van der Waals surface area contributed by atoms with Crippen LogP contribution in [0.4, 0.5) is 5.95 Å². The van der Waals surface area contributed by atoms with Crippen molar-refractivity contribution < 1.29 is 14.6 Å². The van der Waals surface area contributed by atoms with E-state index in [2.05, 4.69) is 15.3 Å². The van der Waals surface area contributed by atoms with Crippen molar-refractivity contribution >= 4 is 11.9 Å². The zero-order chi connectivity index (χ0) is 14.3. The second-order valence-corrected chi connectivity index (χ2v) is 4.64. The predicted molar refractivity (Wildman–Crippen MR) is 72.3 cm³/mol. The number of rotatable bonds is 8. The number of methoxy groups -OCH3 is 1. The van der Waals surface area contributed by atoms with Gasteiger partial charge in [0, 0.05) is 18.3 Å². The molecule has 6 nitrogen and oxygen atoms in total. The molecule has 0 amide bonds. The summed E-state index contributed by atoms with van der Waals surface area (Å²) in [5.74, 6) is 0.0133. The van der Waals surface area contributed by atoms with E-state index in [1.165, 1.54) is 0 Å². The summed E-state index contributed by atoms with van der Waals surface area (Å²) in [5.41, 5.74) is 0. The minimum Gasteiger partial charge on any atom is -0.481 e. The molecule has 0 aromatic carbocycles. The molecule has 2 unspecified atom stereocenters. The Labute approximate surface area is 113 Å². The lowest BCUT2D eigenvalue weighted by atomic mass is 10.0. The molecule has 0 aliphatic carbocycles. The standard InChI is InChI=1S/C13H21N3O3/c1-9(12(17)18)5-4-6-10(2)15-13-14-8-7-11(16-13)19-3/h7-10H,4-6H2,1-3H3,(H,17,18)(H,14,15,16). The van der Waals surface area contributed by atoms with Crippen LogP contribution in [0, 0.1) is 5.92 Å². The number of aliphatic carboxylic acids is 1. The van der Waals surface area contributed by atoms with Crippen molar-refractivity contribution in [3.05, 3.63) is 12.3 Å². The first-order valence-electron chi connectivity index (χ1n) is 6.39. The highest BCUT2D eigenvalue weighted by Crippen LogP contribution is 2.13. The smallest absolute Gasteiger partial charge is 0.306 e. The van der Waals surface area contributed by atoms with E-state index in [1.54, 1.807) is 26.3 Å². The zero-order valence-corrected chi connectivity index (χ0v) is 11.6. The van der Waals surface area contributed by atoms with Gasteiger partial charge in [-0.15, -0.1) is 0 Å². The molecule has 0 saturated heterocycles. The van der Waals surface area contributed by atoms with Crippen LogP contribution in [0.25, 0.3) is 0 Å². The molecule has 0 aliphatic rings. The Kier molecular flexibility index (Phi) is 6.05. The molecule has 2 atom stereocenters. The Morgan fingerprint density at radius 3 is 2.84 bits per heavy atom. The lowest BCUT2D eigenvalue weighted by Crippen LogP contribution is -2.18. The highest BCUT2D eigenvalue weighted by Gasteiger charge is 2.11. The summed E-state index contributed by atoms with van der Waals surface area (Å²) in [4.78, 5) is 19.0. The summed E-state index contributed by atoms with van der Waals surface area (Å²) in [6.07, 6.45) is 4.04. The Morgan fingerprint density at radius 2 is 2.21 bits per heavy atom. The number of aromatic nitrogens is 2. The first-order chi connectivity index (χ1) is 9.02. The molecular formula is C13H21N3O3. The summed E-state index contributed by atoms with van der Waals surface area (Å²) in [5, 5.41) is 12.0. The second kappa shape index (κ2) is 7.56. The Hall–Kier alpha value is -1.85. The number of nitrogens with one attached hydrogen (secondary N) is 1. The van der Waals surface area contributed by atoms with E-state index in [0.29, 0.717) is 18.2 Å². The fraction of sp³-hybridized carbons (Fsp3) is 0.615. The average molecular weight is 267 g/mol. The molecule has 106 valence electrons. The van der Waals surface area contributed by atoms with E-state index >= 15 is 0 Å². The van der Waals surface area contributed by atoms with E-state index in [-0.39, 0.29) is 12.0 Å². The Morgan fingerprint density at radius 1 is 1.47 bits per heavy atom. The lowest BCUT2D eigenvalue weighted by molar-refractivity contribution is -0.141. The number of ether oxygens (including phenoxy) is 1. The third-order valence-electron chi connectivity index (χ3n) is 2.91. The Bertz CT molecular complexity index is 412. The molecule has 1 heterocycles. The normalized spacial score (nSPS) is 13.6. The topological polar surface area (TPSA) is 84.3 Å². The van der Waals surface area contributed by atoms with Crippen LogP contribution in [0.2, 0.25) is 0 Å². The van der Waals surface area contributed by atoms with Gasteiger partial charge in [-0.1, -0.05) is 13.3 Å². The van der Waals surface area contributed by atoms with E-state index in [4.69, 9.17) is 9.84 Å². The number of carbonyl (C=O) groups is 1. The number of nitrogens with zero attached hydrogens (tertiary/aromatic N) is 2. The van der Waals surface area contributed by atoms with Crippen molar-refractivity contribution in [2.45, 2.75) is 39.2 Å². The maximum Gasteiger partial charge on any atom is 0.306 e. The molecule has 0 bridgehead atoms. The largest absolute Gasteiger partial charge is 0.481 e. The zero-order valence-electron chi connectivity index (χ0n) is 11.6. The van der Waals surface area contributed by atoms with E-state index in [9.17, 15) is 4.79 Å². The van der Waals surface area contributed by atoms with Crippen molar-refractivity contribution in [1.29, 1.82) is 0 Å². The van der Waals surface area contributed by atoms with Gasteiger partial charge in [-0.05, 0) is 19.8 Å². The molecule has 1 rings (SSSR count). The lowest BCUT2D eigenvalue weighted by Gasteiger charge is -2.14. The molecule has 0 fully saturated rings. The fourth-order valence-corrected chi connectivity index (χ4v) is 1.67. The average Bonchev–Trinajstić information content (AvgIpc) is 2.38. The van der Waals surface area contributed by atoms with Crippen molar-refractivity contribution in [1.82, 2.24) is 9.97 Å². The summed E-state index contributed by atoms with van der Waals surface area (Å²) in [6.45, 7) is 3.75. The van der Waals surface area contributed by atoms with Crippen LogP contribution in [-0.2, 0) is 4.79 Å². The monoisotopic (exact) mass is 267 g/mol.